The zero-order valence-electron chi connectivity index (χ0n) is 23.6. The smallest absolute Gasteiger partial charge is 0.0791 e. The Hall–Kier alpha value is -4.31. The standard InChI is InChI=1S/C39H28NSSi/c1-42(2)26-23-21-25(22-24-26)27-12-9-17-33-38(27)41-36-20-8-5-15-31(36)39(33)30-14-4-7-19-35(30)40-34-18-6-3-11-28(34)29-13-10-16-32(39)37(29)40/h3-24H,1-2H3. The van der Waals surface area contributed by atoms with Gasteiger partial charge in [0, 0.05) is 20.6 Å². The summed E-state index contributed by atoms with van der Waals surface area (Å²) in [5.41, 5.74) is 11.5. The minimum atomic E-state index is -0.491. The van der Waals surface area contributed by atoms with Crippen LogP contribution in [-0.4, -0.2) is 13.4 Å². The number of hydrogen-bond acceptors (Lipinski definition) is 1. The first-order chi connectivity index (χ1) is 20.7. The van der Waals surface area contributed by atoms with E-state index in [4.69, 9.17) is 0 Å². The molecule has 0 N–H and O–H groups in total. The van der Waals surface area contributed by atoms with E-state index in [1.807, 2.05) is 11.8 Å². The van der Waals surface area contributed by atoms with Gasteiger partial charge in [-0.1, -0.05) is 145 Å². The van der Waals surface area contributed by atoms with Crippen LogP contribution >= 0.6 is 11.8 Å². The molecular weight excluding hydrogens is 543 g/mol. The molecule has 0 fully saturated rings. The summed E-state index contributed by atoms with van der Waals surface area (Å²) in [7, 11) is -0.491. The first-order valence-electron chi connectivity index (χ1n) is 14.6. The SMILES string of the molecule is C[Si](C)c1ccc(-c2cccc3c2Sc2ccccc2C32c3ccccc3-n3c4ccccc4c4cccc2c43)cc1. The Bertz CT molecular complexity index is 2210. The van der Waals surface area contributed by atoms with Gasteiger partial charge in [-0.3, -0.25) is 0 Å². The predicted octanol–water partition coefficient (Wildman–Crippen LogP) is 9.57. The fourth-order valence-corrected chi connectivity index (χ4v) is 9.71. The van der Waals surface area contributed by atoms with Crippen LogP contribution in [0.4, 0.5) is 0 Å². The highest BCUT2D eigenvalue weighted by Crippen LogP contribution is 2.61. The molecule has 3 heteroatoms. The van der Waals surface area contributed by atoms with E-state index in [1.165, 1.54) is 75.9 Å². The maximum atomic E-state index is 2.52. The van der Waals surface area contributed by atoms with Crippen LogP contribution in [0.25, 0.3) is 38.6 Å². The van der Waals surface area contributed by atoms with Gasteiger partial charge in [0.05, 0.1) is 30.9 Å². The lowest BCUT2D eigenvalue weighted by Crippen LogP contribution is -2.37. The van der Waals surface area contributed by atoms with Crippen LogP contribution < -0.4 is 5.19 Å². The second-order valence-electron chi connectivity index (χ2n) is 11.7. The van der Waals surface area contributed by atoms with Gasteiger partial charge in [-0.15, -0.1) is 0 Å². The molecule has 7 aromatic rings. The Morgan fingerprint density at radius 3 is 2.10 bits per heavy atom. The van der Waals surface area contributed by atoms with E-state index in [-0.39, 0.29) is 0 Å². The molecule has 42 heavy (non-hydrogen) atoms. The summed E-state index contributed by atoms with van der Waals surface area (Å²) in [6.45, 7) is 4.72. The van der Waals surface area contributed by atoms with Crippen molar-refractivity contribution in [2.24, 2.45) is 0 Å². The molecule has 0 aliphatic carbocycles. The van der Waals surface area contributed by atoms with Gasteiger partial charge in [0.15, 0.2) is 0 Å². The van der Waals surface area contributed by atoms with Crippen LogP contribution in [0.5, 0.6) is 0 Å². The number of fused-ring (bicyclic) bond motifs is 11. The maximum absolute atomic E-state index is 2.52. The first kappa shape index (κ1) is 24.3. The molecule has 199 valence electrons. The molecule has 3 heterocycles. The zero-order valence-corrected chi connectivity index (χ0v) is 25.4. The molecule has 1 aromatic heterocycles. The van der Waals surface area contributed by atoms with Gasteiger partial charge in [-0.25, -0.2) is 0 Å². The van der Waals surface area contributed by atoms with Crippen LogP contribution in [0.2, 0.25) is 13.1 Å². The molecule has 1 unspecified atom stereocenters. The highest BCUT2D eigenvalue weighted by Gasteiger charge is 2.49. The number of benzene rings is 6. The lowest BCUT2D eigenvalue weighted by molar-refractivity contribution is 0.690. The van der Waals surface area contributed by atoms with Crippen LogP contribution in [0, 0.1) is 0 Å². The van der Waals surface area contributed by atoms with Crippen molar-refractivity contribution in [3.63, 3.8) is 0 Å². The first-order valence-corrected chi connectivity index (χ1v) is 17.9. The Morgan fingerprint density at radius 2 is 1.24 bits per heavy atom. The Morgan fingerprint density at radius 1 is 0.571 bits per heavy atom. The Kier molecular flexibility index (Phi) is 5.12. The maximum Gasteiger partial charge on any atom is 0.0791 e. The fourth-order valence-electron chi connectivity index (χ4n) is 7.56. The molecule has 0 amide bonds. The van der Waals surface area contributed by atoms with Gasteiger partial charge in [0.1, 0.15) is 0 Å². The summed E-state index contributed by atoms with van der Waals surface area (Å²) in [6, 6.07) is 50.4. The Balaban J connectivity index is 1.46. The number of aromatic nitrogens is 1. The summed E-state index contributed by atoms with van der Waals surface area (Å²) in [5.74, 6) is 0. The summed E-state index contributed by atoms with van der Waals surface area (Å²) in [6.07, 6.45) is 0. The summed E-state index contributed by atoms with van der Waals surface area (Å²) >= 11 is 1.93. The number of nitrogens with zero attached hydrogens (tertiary/aromatic N) is 1. The summed E-state index contributed by atoms with van der Waals surface area (Å²) in [5, 5.41) is 4.10. The summed E-state index contributed by atoms with van der Waals surface area (Å²) in [4.78, 5) is 2.69. The van der Waals surface area contributed by atoms with Crippen molar-refractivity contribution in [2.75, 3.05) is 0 Å². The van der Waals surface area contributed by atoms with Crippen molar-refractivity contribution < 1.29 is 0 Å². The average Bonchev–Trinajstić information content (AvgIpc) is 3.38. The minimum absolute atomic E-state index is 0.434. The van der Waals surface area contributed by atoms with Gasteiger partial charge in [0.2, 0.25) is 0 Å². The van der Waals surface area contributed by atoms with Crippen LogP contribution in [0.3, 0.4) is 0 Å². The molecule has 1 atom stereocenters. The van der Waals surface area contributed by atoms with Gasteiger partial charge < -0.3 is 4.57 Å². The van der Waals surface area contributed by atoms with Gasteiger partial charge >= 0.3 is 0 Å². The van der Waals surface area contributed by atoms with Crippen LogP contribution in [0.15, 0.2) is 143 Å². The zero-order chi connectivity index (χ0) is 28.0. The second kappa shape index (κ2) is 8.84. The van der Waals surface area contributed by atoms with Gasteiger partial charge in [0.25, 0.3) is 0 Å². The molecule has 1 nitrogen and oxygen atoms in total. The van der Waals surface area contributed by atoms with E-state index in [0.717, 1.165) is 0 Å². The highest BCUT2D eigenvalue weighted by molar-refractivity contribution is 7.99. The van der Waals surface area contributed by atoms with E-state index in [1.54, 1.807) is 0 Å². The number of hydrogen-bond donors (Lipinski definition) is 0. The molecule has 1 radical (unpaired) electrons. The van der Waals surface area contributed by atoms with E-state index < -0.39 is 14.2 Å². The molecule has 0 bridgehead atoms. The molecule has 6 aromatic carbocycles. The molecule has 9 rings (SSSR count). The van der Waals surface area contributed by atoms with Gasteiger partial charge in [-0.05, 0) is 51.6 Å². The monoisotopic (exact) mass is 570 g/mol. The molecule has 1 spiro atoms. The quantitative estimate of drug-likeness (QED) is 0.187. The second-order valence-corrected chi connectivity index (χ2v) is 15.3. The van der Waals surface area contributed by atoms with Crippen molar-refractivity contribution in [1.82, 2.24) is 4.57 Å². The van der Waals surface area contributed by atoms with Crippen LogP contribution in [0.1, 0.15) is 22.3 Å². The van der Waals surface area contributed by atoms with E-state index >= 15 is 0 Å². The molecular formula is C39H28NSSi. The Labute approximate surface area is 252 Å². The van der Waals surface area contributed by atoms with Crippen molar-refractivity contribution >= 4 is 47.6 Å². The average molecular weight is 571 g/mol. The molecule has 0 saturated carbocycles. The number of para-hydroxylation sites is 3. The van der Waals surface area contributed by atoms with E-state index in [9.17, 15) is 0 Å². The van der Waals surface area contributed by atoms with Crippen molar-refractivity contribution in [1.29, 1.82) is 0 Å². The third-order valence-corrected chi connectivity index (χ3v) is 12.1. The normalized spacial score (nSPS) is 16.5. The molecule has 2 aliphatic heterocycles. The summed E-state index contributed by atoms with van der Waals surface area (Å²) < 4.78 is 2.52. The largest absolute Gasteiger partial charge is 0.309 e. The van der Waals surface area contributed by atoms with Crippen molar-refractivity contribution in [3.8, 4) is 16.8 Å². The van der Waals surface area contributed by atoms with E-state index in [2.05, 4.69) is 151 Å². The third kappa shape index (κ3) is 3.05. The number of rotatable bonds is 2. The highest BCUT2D eigenvalue weighted by atomic mass is 32.2. The van der Waals surface area contributed by atoms with E-state index in [0.29, 0.717) is 0 Å². The lowest BCUT2D eigenvalue weighted by Gasteiger charge is -2.45. The molecule has 2 aliphatic rings. The predicted molar refractivity (Wildman–Crippen MR) is 179 cm³/mol. The third-order valence-electron chi connectivity index (χ3n) is 9.34. The molecule has 0 saturated heterocycles. The van der Waals surface area contributed by atoms with Crippen molar-refractivity contribution in [3.05, 3.63) is 156 Å². The van der Waals surface area contributed by atoms with Crippen LogP contribution in [-0.2, 0) is 5.41 Å². The fraction of sp³-hybridized carbons (Fsp3) is 0.0769. The lowest BCUT2D eigenvalue weighted by atomic mass is 9.62. The topological polar surface area (TPSA) is 4.93 Å². The minimum Gasteiger partial charge on any atom is -0.309 e. The van der Waals surface area contributed by atoms with Crippen molar-refractivity contribution in [2.45, 2.75) is 28.3 Å². The van der Waals surface area contributed by atoms with Gasteiger partial charge in [-0.2, -0.15) is 0 Å².